The molecular formula is C25H27F4N5O. The lowest BCUT2D eigenvalue weighted by Gasteiger charge is -2.31. The van der Waals surface area contributed by atoms with Gasteiger partial charge in [-0.25, -0.2) is 4.39 Å². The van der Waals surface area contributed by atoms with Crippen molar-refractivity contribution in [1.82, 2.24) is 24.5 Å². The van der Waals surface area contributed by atoms with Crippen molar-refractivity contribution in [1.29, 1.82) is 0 Å². The van der Waals surface area contributed by atoms with Gasteiger partial charge in [-0.15, -0.1) is 0 Å². The molecule has 4 aromatic rings. The van der Waals surface area contributed by atoms with E-state index >= 15 is 0 Å². The minimum Gasteiger partial charge on any atom is -0.361 e. The van der Waals surface area contributed by atoms with E-state index in [9.17, 15) is 17.6 Å². The van der Waals surface area contributed by atoms with Crippen molar-refractivity contribution in [3.8, 4) is 22.3 Å². The first-order chi connectivity index (χ1) is 16.4. The maximum absolute atomic E-state index is 14.4. The van der Waals surface area contributed by atoms with Gasteiger partial charge in [-0.2, -0.15) is 18.3 Å². The highest BCUT2D eigenvalue weighted by Crippen LogP contribution is 2.41. The normalized spacial score (nSPS) is 21.2. The number of pyridine rings is 1. The number of nitrogens with zero attached hydrogens (tertiary/aromatic N) is 5. The largest absolute Gasteiger partial charge is 0.435 e. The number of hydrogen-bond donors (Lipinski definition) is 0. The first-order valence-corrected chi connectivity index (χ1v) is 11.7. The van der Waals surface area contributed by atoms with Crippen LogP contribution in [0.3, 0.4) is 0 Å². The highest BCUT2D eigenvalue weighted by atomic mass is 19.4. The molecule has 10 heteroatoms. The van der Waals surface area contributed by atoms with E-state index in [1.54, 1.807) is 19.3 Å². The third kappa shape index (κ3) is 4.34. The zero-order chi connectivity index (χ0) is 25.1. The Morgan fingerprint density at radius 2 is 1.86 bits per heavy atom. The fourth-order valence-electron chi connectivity index (χ4n) is 5.18. The van der Waals surface area contributed by atoms with Gasteiger partial charge in [0.05, 0.1) is 16.7 Å². The lowest BCUT2D eigenvalue weighted by atomic mass is 9.81. The Labute approximate surface area is 199 Å². The molecular weight excluding hydrogens is 462 g/mol. The van der Waals surface area contributed by atoms with Crippen LogP contribution >= 0.6 is 0 Å². The van der Waals surface area contributed by atoms with Crippen molar-refractivity contribution in [3.63, 3.8) is 0 Å². The van der Waals surface area contributed by atoms with Gasteiger partial charge in [0, 0.05) is 54.4 Å². The van der Waals surface area contributed by atoms with Gasteiger partial charge in [-0.1, -0.05) is 5.16 Å². The SMILES string of the molecule is Cc1noc(C)c1-c1cnc2c(-c3cn(C)nc3C(F)(F)F)cn(CC3CCC(C)(F)CC3)c2c1. The van der Waals surface area contributed by atoms with Crippen molar-refractivity contribution in [2.45, 2.75) is 64.8 Å². The van der Waals surface area contributed by atoms with E-state index in [0.29, 0.717) is 47.4 Å². The average molecular weight is 490 g/mol. The number of aryl methyl sites for hydroxylation is 3. The second-order valence-corrected chi connectivity index (χ2v) is 9.91. The van der Waals surface area contributed by atoms with Crippen LogP contribution in [0, 0.1) is 19.8 Å². The smallest absolute Gasteiger partial charge is 0.361 e. The van der Waals surface area contributed by atoms with Crippen LogP contribution in [-0.2, 0) is 19.8 Å². The van der Waals surface area contributed by atoms with Gasteiger partial charge in [0.2, 0.25) is 0 Å². The molecule has 5 rings (SSSR count). The first-order valence-electron chi connectivity index (χ1n) is 11.7. The standard InChI is InChI=1S/C25H27F4N5O/c1-14-21(15(2)35-32-14)17-9-20-22(30-10-17)18(19-12-33(4)31-23(19)25(27,28)29)13-34(20)11-16-5-7-24(3,26)8-6-16/h9-10,12-13,16H,5-8,11H2,1-4H3. The molecule has 1 aliphatic rings. The van der Waals surface area contributed by atoms with Crippen LogP contribution in [0.4, 0.5) is 17.6 Å². The minimum absolute atomic E-state index is 0.0127. The van der Waals surface area contributed by atoms with Crippen LogP contribution in [0.5, 0.6) is 0 Å². The maximum atomic E-state index is 14.4. The zero-order valence-electron chi connectivity index (χ0n) is 20.1. The number of fused-ring (bicyclic) bond motifs is 1. The molecule has 1 saturated carbocycles. The van der Waals surface area contributed by atoms with E-state index in [4.69, 9.17) is 4.52 Å². The Morgan fingerprint density at radius 3 is 2.49 bits per heavy atom. The molecule has 0 amide bonds. The summed E-state index contributed by atoms with van der Waals surface area (Å²) < 4.78 is 64.1. The molecule has 4 aromatic heterocycles. The number of rotatable bonds is 4. The molecule has 0 aliphatic heterocycles. The summed E-state index contributed by atoms with van der Waals surface area (Å²) >= 11 is 0. The molecule has 6 nitrogen and oxygen atoms in total. The van der Waals surface area contributed by atoms with Gasteiger partial charge in [0.1, 0.15) is 11.4 Å². The highest BCUT2D eigenvalue weighted by molar-refractivity contribution is 5.95. The predicted octanol–water partition coefficient (Wildman–Crippen LogP) is 6.65. The van der Waals surface area contributed by atoms with Crippen LogP contribution < -0.4 is 0 Å². The number of hydrogen-bond acceptors (Lipinski definition) is 4. The molecule has 0 N–H and O–H groups in total. The molecule has 0 radical (unpaired) electrons. The summed E-state index contributed by atoms with van der Waals surface area (Å²) in [6.45, 7) is 5.85. The van der Waals surface area contributed by atoms with Gasteiger partial charge in [-0.3, -0.25) is 9.67 Å². The summed E-state index contributed by atoms with van der Waals surface area (Å²) in [4.78, 5) is 4.61. The molecule has 186 valence electrons. The van der Waals surface area contributed by atoms with Crippen molar-refractivity contribution in [2.24, 2.45) is 13.0 Å². The fraction of sp³-hybridized carbons (Fsp3) is 0.480. The Balaban J connectivity index is 1.65. The lowest BCUT2D eigenvalue weighted by molar-refractivity contribution is -0.140. The van der Waals surface area contributed by atoms with Crippen LogP contribution in [-0.4, -0.2) is 30.2 Å². The van der Waals surface area contributed by atoms with E-state index in [1.807, 2.05) is 24.5 Å². The van der Waals surface area contributed by atoms with E-state index in [-0.39, 0.29) is 11.5 Å². The maximum Gasteiger partial charge on any atom is 0.435 e. The molecule has 1 fully saturated rings. The summed E-state index contributed by atoms with van der Waals surface area (Å²) in [5.41, 5.74) is 1.74. The Bertz CT molecular complexity index is 1370. The van der Waals surface area contributed by atoms with Crippen molar-refractivity contribution < 1.29 is 22.1 Å². The van der Waals surface area contributed by atoms with Crippen molar-refractivity contribution in [2.75, 3.05) is 0 Å². The van der Waals surface area contributed by atoms with Crippen LogP contribution in [0.1, 0.15) is 49.8 Å². The quantitative estimate of drug-likeness (QED) is 0.301. The van der Waals surface area contributed by atoms with Gasteiger partial charge < -0.3 is 9.09 Å². The Kier molecular flexibility index (Phi) is 5.52. The summed E-state index contributed by atoms with van der Waals surface area (Å²) in [5, 5.41) is 7.69. The number of halogens is 4. The molecule has 1 aliphatic carbocycles. The lowest BCUT2D eigenvalue weighted by Crippen LogP contribution is -2.27. The van der Waals surface area contributed by atoms with E-state index in [1.165, 1.54) is 17.9 Å². The number of alkyl halides is 4. The van der Waals surface area contributed by atoms with Crippen LogP contribution in [0.2, 0.25) is 0 Å². The third-order valence-corrected chi connectivity index (χ3v) is 7.03. The second kappa shape index (κ2) is 8.20. The van der Waals surface area contributed by atoms with Gasteiger partial charge in [-0.05, 0) is 58.4 Å². The first kappa shape index (κ1) is 23.6. The molecule has 35 heavy (non-hydrogen) atoms. The van der Waals surface area contributed by atoms with E-state index in [2.05, 4.69) is 15.2 Å². The minimum atomic E-state index is -4.60. The predicted molar refractivity (Wildman–Crippen MR) is 123 cm³/mol. The molecule has 0 unspecified atom stereocenters. The van der Waals surface area contributed by atoms with E-state index in [0.717, 1.165) is 24.0 Å². The summed E-state index contributed by atoms with van der Waals surface area (Å²) in [6.07, 6.45) is 2.54. The molecule has 0 atom stereocenters. The van der Waals surface area contributed by atoms with Gasteiger partial charge in [0.25, 0.3) is 0 Å². The van der Waals surface area contributed by atoms with Gasteiger partial charge in [0.15, 0.2) is 5.69 Å². The highest BCUT2D eigenvalue weighted by Gasteiger charge is 2.38. The summed E-state index contributed by atoms with van der Waals surface area (Å²) in [5.74, 6) is 0.865. The molecule has 0 aromatic carbocycles. The molecule has 0 saturated heterocycles. The topological polar surface area (TPSA) is 61.7 Å². The summed E-state index contributed by atoms with van der Waals surface area (Å²) in [6, 6.07) is 1.92. The third-order valence-electron chi connectivity index (χ3n) is 7.03. The molecule has 4 heterocycles. The molecule has 0 bridgehead atoms. The monoisotopic (exact) mass is 489 g/mol. The van der Waals surface area contributed by atoms with Crippen LogP contribution in [0.25, 0.3) is 33.3 Å². The fourth-order valence-corrected chi connectivity index (χ4v) is 5.18. The number of aromatic nitrogens is 5. The van der Waals surface area contributed by atoms with E-state index < -0.39 is 17.5 Å². The van der Waals surface area contributed by atoms with Crippen molar-refractivity contribution >= 4 is 11.0 Å². The zero-order valence-corrected chi connectivity index (χ0v) is 20.1. The average Bonchev–Trinajstić information content (AvgIpc) is 3.44. The summed E-state index contributed by atoms with van der Waals surface area (Å²) in [7, 11) is 1.47. The van der Waals surface area contributed by atoms with Crippen LogP contribution in [0.15, 0.2) is 29.2 Å². The Morgan fingerprint density at radius 1 is 1.14 bits per heavy atom. The van der Waals surface area contributed by atoms with Gasteiger partial charge >= 0.3 is 6.18 Å². The van der Waals surface area contributed by atoms with Crippen molar-refractivity contribution in [3.05, 3.63) is 41.8 Å². The Hall–Kier alpha value is -3.17. The second-order valence-electron chi connectivity index (χ2n) is 9.91. The molecule has 0 spiro atoms.